The van der Waals surface area contributed by atoms with E-state index in [-0.39, 0.29) is 56.6 Å². The molecule has 0 saturated heterocycles. The molecule has 0 aromatic rings. The summed E-state index contributed by atoms with van der Waals surface area (Å²) in [5.41, 5.74) is 0.333. The summed E-state index contributed by atoms with van der Waals surface area (Å²) in [5, 5.41) is 8.04. The summed E-state index contributed by atoms with van der Waals surface area (Å²) in [4.78, 5) is 0. The summed E-state index contributed by atoms with van der Waals surface area (Å²) in [6.07, 6.45) is 0. The Bertz CT molecular complexity index is 91.7. The Kier molecular flexibility index (Phi) is 18.7. The Morgan fingerprint density at radius 3 is 0.714 bits per heavy atom. The van der Waals surface area contributed by atoms with E-state index in [9.17, 15) is 0 Å². The van der Waals surface area contributed by atoms with Gasteiger partial charge in [-0.2, -0.15) is 14.1 Å². The Morgan fingerprint density at radius 2 is 0.714 bits per heavy atom. The predicted molar refractivity (Wildman–Crippen MR) is 60.6 cm³/mol. The van der Waals surface area contributed by atoms with E-state index in [1.165, 1.54) is 0 Å². The molecule has 0 amide bonds. The summed E-state index contributed by atoms with van der Waals surface area (Å²) < 4.78 is 0. The van der Waals surface area contributed by atoms with Crippen molar-refractivity contribution in [2.24, 2.45) is 0 Å². The number of hydrogen-bond acceptors (Lipinski definition) is 0. The maximum absolute atomic E-state index is 4.02. The van der Waals surface area contributed by atoms with Crippen molar-refractivity contribution in [3.63, 3.8) is 0 Å². The molecule has 0 rings (SSSR count). The fourth-order valence-electron chi connectivity index (χ4n) is 0. The molecule has 0 N–H and O–H groups in total. The number of halogens is 1. The molecule has 2 nitrogen and oxygen atoms in total. The molecule has 0 bridgehead atoms. The van der Waals surface area contributed by atoms with Crippen LogP contribution in [0.25, 0.3) is 10.6 Å². The topological polar surface area (TPSA) is 28.2 Å². The third-order valence-corrected chi connectivity index (χ3v) is 1.34. The molecular formula is C10H25FN2Nd-2. The maximum Gasteiger partial charge on any atom is 0 e. The molecule has 0 aliphatic heterocycles. The third kappa shape index (κ3) is 37.9. The fraction of sp³-hybridized carbons (Fsp3) is 1.00. The Balaban J connectivity index is -0.0000000625. The van der Waals surface area contributed by atoms with Crippen molar-refractivity contribution >= 4 is 0 Å². The number of hydrogen-bond donors (Lipinski definition) is 0. The quantitative estimate of drug-likeness (QED) is 0.645. The minimum atomic E-state index is 0. The summed E-state index contributed by atoms with van der Waals surface area (Å²) in [7, 11) is 3.67. The molecule has 0 unspecified atom stereocenters. The van der Waals surface area contributed by atoms with E-state index in [2.05, 4.69) is 52.2 Å². The standard InChI is InChI=1S/2C5H12N.FH.Nd/c2*1-5(2,3)6-4;;/h2*1-4H3;1H;/q2*-1;;. The molecule has 0 radical (unpaired) electrons. The zero-order chi connectivity index (χ0) is 10.4. The van der Waals surface area contributed by atoms with E-state index < -0.39 is 0 Å². The summed E-state index contributed by atoms with van der Waals surface area (Å²) in [5.74, 6) is 0. The van der Waals surface area contributed by atoms with E-state index in [0.717, 1.165) is 0 Å². The van der Waals surface area contributed by atoms with Crippen molar-refractivity contribution in [1.29, 1.82) is 0 Å². The molecule has 0 aliphatic rings. The van der Waals surface area contributed by atoms with Gasteiger partial charge in [-0.05, 0) is 0 Å². The van der Waals surface area contributed by atoms with Crippen molar-refractivity contribution in [3.05, 3.63) is 10.6 Å². The first-order chi connectivity index (χ1) is 5.12. The van der Waals surface area contributed by atoms with Gasteiger partial charge in [0.05, 0.1) is 0 Å². The summed E-state index contributed by atoms with van der Waals surface area (Å²) in [6, 6.07) is 0. The fourth-order valence-corrected chi connectivity index (χ4v) is 0. The number of rotatable bonds is 0. The first-order valence-corrected chi connectivity index (χ1v) is 4.34. The third-order valence-electron chi connectivity index (χ3n) is 1.34. The molecule has 88 valence electrons. The van der Waals surface area contributed by atoms with E-state index >= 15 is 0 Å². The molecule has 0 saturated carbocycles. The van der Waals surface area contributed by atoms with Gasteiger partial charge in [-0.3, -0.25) is 4.70 Å². The van der Waals surface area contributed by atoms with Gasteiger partial charge in [0, 0.05) is 40.8 Å². The van der Waals surface area contributed by atoms with Gasteiger partial charge < -0.3 is 10.6 Å². The molecule has 14 heavy (non-hydrogen) atoms. The predicted octanol–water partition coefficient (Wildman–Crippen LogP) is 3.73. The van der Waals surface area contributed by atoms with E-state index in [1.54, 1.807) is 0 Å². The van der Waals surface area contributed by atoms with Gasteiger partial charge in [0.15, 0.2) is 0 Å². The average Bonchev–Trinajstić information content (AvgIpc) is 1.86. The Hall–Kier alpha value is 1.20. The normalized spacial score (nSPS) is 10.3. The SMILES string of the molecule is C[N-]C(C)(C)C.C[N-]C(C)(C)C.F.[Nd]. The van der Waals surface area contributed by atoms with Crippen LogP contribution in [0.1, 0.15) is 41.5 Å². The summed E-state index contributed by atoms with van der Waals surface area (Å²) >= 11 is 0. The number of nitrogens with zero attached hydrogens (tertiary/aromatic N) is 2. The van der Waals surface area contributed by atoms with Gasteiger partial charge in [0.1, 0.15) is 0 Å². The van der Waals surface area contributed by atoms with Gasteiger partial charge in [-0.25, -0.2) is 0 Å². The van der Waals surface area contributed by atoms with Gasteiger partial charge in [0.25, 0.3) is 0 Å². The van der Waals surface area contributed by atoms with Crippen LogP contribution in [0.3, 0.4) is 0 Å². The smallest absolute Gasteiger partial charge is 0 e. The minimum Gasteiger partial charge on any atom is -0.660 e. The average molecular weight is 337 g/mol. The Labute approximate surface area is 122 Å². The van der Waals surface area contributed by atoms with Crippen molar-refractivity contribution in [2.75, 3.05) is 14.1 Å². The van der Waals surface area contributed by atoms with Gasteiger partial charge in [-0.15, -0.1) is 11.1 Å². The van der Waals surface area contributed by atoms with Crippen LogP contribution >= 0.6 is 0 Å². The van der Waals surface area contributed by atoms with Crippen LogP contribution in [-0.2, 0) is 0 Å². The van der Waals surface area contributed by atoms with E-state index in [0.29, 0.717) is 0 Å². The van der Waals surface area contributed by atoms with Crippen LogP contribution < -0.4 is 0 Å². The van der Waals surface area contributed by atoms with Crippen LogP contribution in [-0.4, -0.2) is 25.2 Å². The summed E-state index contributed by atoms with van der Waals surface area (Å²) in [6.45, 7) is 12.5. The minimum absolute atomic E-state index is 0. The van der Waals surface area contributed by atoms with Gasteiger partial charge in [-0.1, -0.05) is 41.5 Å². The van der Waals surface area contributed by atoms with Gasteiger partial charge in [0.2, 0.25) is 0 Å². The second-order valence-electron chi connectivity index (χ2n) is 4.79. The maximum atomic E-state index is 4.02. The second-order valence-corrected chi connectivity index (χ2v) is 4.79. The molecule has 0 aliphatic carbocycles. The monoisotopic (exact) mass is 334 g/mol. The molecular weight excluding hydrogens is 311 g/mol. The van der Waals surface area contributed by atoms with Crippen LogP contribution in [0.5, 0.6) is 0 Å². The van der Waals surface area contributed by atoms with Crippen LogP contribution in [0.4, 0.5) is 4.70 Å². The van der Waals surface area contributed by atoms with Crippen molar-refractivity contribution in [3.8, 4) is 0 Å². The molecule has 0 aromatic heterocycles. The first kappa shape index (κ1) is 24.4. The molecule has 0 spiro atoms. The second kappa shape index (κ2) is 10.7. The zero-order valence-electron chi connectivity index (χ0n) is 10.8. The van der Waals surface area contributed by atoms with Crippen LogP contribution in [0.15, 0.2) is 0 Å². The van der Waals surface area contributed by atoms with Crippen molar-refractivity contribution in [2.45, 2.75) is 52.6 Å². The van der Waals surface area contributed by atoms with Crippen molar-refractivity contribution < 1.29 is 45.5 Å². The van der Waals surface area contributed by atoms with Crippen molar-refractivity contribution in [1.82, 2.24) is 0 Å². The molecule has 0 atom stereocenters. The van der Waals surface area contributed by atoms with E-state index in [4.69, 9.17) is 0 Å². The molecule has 4 heteroatoms. The Morgan fingerprint density at radius 1 is 0.643 bits per heavy atom. The van der Waals surface area contributed by atoms with Gasteiger partial charge >= 0.3 is 0 Å². The molecule has 0 fully saturated rings. The van der Waals surface area contributed by atoms with E-state index in [1.807, 2.05) is 14.1 Å². The largest absolute Gasteiger partial charge is 0.660 e. The molecule has 0 heterocycles. The van der Waals surface area contributed by atoms with Crippen LogP contribution in [0, 0.1) is 40.8 Å². The van der Waals surface area contributed by atoms with Crippen LogP contribution in [0.2, 0.25) is 0 Å². The zero-order valence-corrected chi connectivity index (χ0v) is 14.0. The first-order valence-electron chi connectivity index (χ1n) is 4.34. The molecule has 0 aromatic carbocycles.